The van der Waals surface area contributed by atoms with Crippen LogP contribution in [0.1, 0.15) is 5.56 Å². The standard InChI is InChI=1S/C20H18N2O4S/c1-13-2-4-14(5-3-13)16-11-20(26-22-16)21-19(23)12-27-15-6-7-17-18(10-15)25-9-8-24-17/h2-7,10-11H,8-9,12H2,1H3,(H,21,23). The molecule has 0 aliphatic carbocycles. The maximum absolute atomic E-state index is 12.2. The van der Waals surface area contributed by atoms with Crippen molar-refractivity contribution in [3.8, 4) is 22.8 Å². The van der Waals surface area contributed by atoms with E-state index in [1.165, 1.54) is 17.3 Å². The Bertz CT molecular complexity index is 953. The predicted octanol–water partition coefficient (Wildman–Crippen LogP) is 4.15. The lowest BCUT2D eigenvalue weighted by Crippen LogP contribution is -2.15. The maximum Gasteiger partial charge on any atom is 0.237 e. The molecule has 1 amide bonds. The van der Waals surface area contributed by atoms with Crippen molar-refractivity contribution in [2.45, 2.75) is 11.8 Å². The van der Waals surface area contributed by atoms with Gasteiger partial charge in [0.15, 0.2) is 11.5 Å². The summed E-state index contributed by atoms with van der Waals surface area (Å²) in [6.07, 6.45) is 0. The highest BCUT2D eigenvalue weighted by Crippen LogP contribution is 2.34. The Morgan fingerprint density at radius 3 is 2.67 bits per heavy atom. The number of carbonyl (C=O) groups excluding carboxylic acids is 1. The van der Waals surface area contributed by atoms with Crippen LogP contribution >= 0.6 is 11.8 Å². The van der Waals surface area contributed by atoms with Crippen molar-refractivity contribution >= 4 is 23.6 Å². The summed E-state index contributed by atoms with van der Waals surface area (Å²) in [5, 5.41) is 6.74. The molecule has 1 N–H and O–H groups in total. The SMILES string of the molecule is Cc1ccc(-c2cc(NC(=O)CSc3ccc4c(c3)OCCO4)on2)cc1. The highest BCUT2D eigenvalue weighted by Gasteiger charge is 2.14. The summed E-state index contributed by atoms with van der Waals surface area (Å²) >= 11 is 1.42. The molecule has 2 heterocycles. The first-order valence-corrected chi connectivity index (χ1v) is 9.52. The minimum atomic E-state index is -0.165. The molecule has 6 nitrogen and oxygen atoms in total. The average molecular weight is 382 g/mol. The molecule has 0 bridgehead atoms. The molecule has 0 unspecified atom stereocenters. The van der Waals surface area contributed by atoms with Gasteiger partial charge in [0.25, 0.3) is 0 Å². The normalized spacial score (nSPS) is 12.6. The van der Waals surface area contributed by atoms with Gasteiger partial charge in [0.1, 0.15) is 18.9 Å². The number of nitrogens with one attached hydrogen (secondary N) is 1. The van der Waals surface area contributed by atoms with Crippen LogP contribution < -0.4 is 14.8 Å². The van der Waals surface area contributed by atoms with Crippen LogP contribution in [0.25, 0.3) is 11.3 Å². The lowest BCUT2D eigenvalue weighted by molar-refractivity contribution is -0.113. The molecule has 1 aliphatic rings. The van der Waals surface area contributed by atoms with Crippen LogP contribution in [0.15, 0.2) is 57.9 Å². The number of amides is 1. The number of fused-ring (bicyclic) bond motifs is 1. The largest absolute Gasteiger partial charge is 0.486 e. The zero-order chi connectivity index (χ0) is 18.6. The lowest BCUT2D eigenvalue weighted by atomic mass is 10.1. The number of aryl methyl sites for hydroxylation is 1. The van der Waals surface area contributed by atoms with Crippen LogP contribution in [0, 0.1) is 6.92 Å². The second kappa shape index (κ2) is 7.75. The van der Waals surface area contributed by atoms with E-state index in [1.54, 1.807) is 6.07 Å². The van der Waals surface area contributed by atoms with Crippen LogP contribution in [-0.2, 0) is 4.79 Å². The highest BCUT2D eigenvalue weighted by atomic mass is 32.2. The fraction of sp³-hybridized carbons (Fsp3) is 0.200. The number of rotatable bonds is 5. The third kappa shape index (κ3) is 4.25. The average Bonchev–Trinajstić information content (AvgIpc) is 3.15. The summed E-state index contributed by atoms with van der Waals surface area (Å²) in [4.78, 5) is 13.1. The number of benzene rings is 2. The Labute approximate surface area is 160 Å². The first kappa shape index (κ1) is 17.5. The molecule has 0 saturated heterocycles. The molecule has 0 saturated carbocycles. The maximum atomic E-state index is 12.2. The van der Waals surface area contributed by atoms with Crippen molar-refractivity contribution in [2.75, 3.05) is 24.3 Å². The van der Waals surface area contributed by atoms with Gasteiger partial charge in [0.2, 0.25) is 11.8 Å². The molecule has 4 rings (SSSR count). The minimum absolute atomic E-state index is 0.165. The Hall–Kier alpha value is -2.93. The summed E-state index contributed by atoms with van der Waals surface area (Å²) < 4.78 is 16.3. The molecule has 0 radical (unpaired) electrons. The molecule has 3 aromatic rings. The molecular weight excluding hydrogens is 364 g/mol. The summed E-state index contributed by atoms with van der Waals surface area (Å²) in [7, 11) is 0. The second-order valence-electron chi connectivity index (χ2n) is 6.08. The molecular formula is C20H18N2O4S. The Morgan fingerprint density at radius 1 is 1.07 bits per heavy atom. The third-order valence-corrected chi connectivity index (χ3v) is 5.00. The van der Waals surface area contributed by atoms with Crippen LogP contribution in [0.4, 0.5) is 5.88 Å². The molecule has 0 atom stereocenters. The quantitative estimate of drug-likeness (QED) is 0.668. The van der Waals surface area contributed by atoms with E-state index in [2.05, 4.69) is 10.5 Å². The summed E-state index contributed by atoms with van der Waals surface area (Å²) in [5.41, 5.74) is 2.80. The van der Waals surface area contributed by atoms with Gasteiger partial charge in [-0.1, -0.05) is 35.0 Å². The van der Waals surface area contributed by atoms with Gasteiger partial charge >= 0.3 is 0 Å². The van der Waals surface area contributed by atoms with Gasteiger partial charge in [0.05, 0.1) is 5.75 Å². The molecule has 0 spiro atoms. The number of thioether (sulfide) groups is 1. The van der Waals surface area contributed by atoms with Gasteiger partial charge in [-0.25, -0.2) is 0 Å². The number of hydrogen-bond acceptors (Lipinski definition) is 6. The van der Waals surface area contributed by atoms with E-state index >= 15 is 0 Å². The second-order valence-corrected chi connectivity index (χ2v) is 7.13. The first-order chi connectivity index (χ1) is 13.2. The first-order valence-electron chi connectivity index (χ1n) is 8.53. The van der Waals surface area contributed by atoms with E-state index in [9.17, 15) is 4.79 Å². The molecule has 2 aromatic carbocycles. The van der Waals surface area contributed by atoms with Gasteiger partial charge in [-0.05, 0) is 25.1 Å². The molecule has 1 aliphatic heterocycles. The number of nitrogens with zero attached hydrogens (tertiary/aromatic N) is 1. The van der Waals surface area contributed by atoms with Crippen LogP contribution in [-0.4, -0.2) is 30.0 Å². The molecule has 0 fully saturated rings. The monoisotopic (exact) mass is 382 g/mol. The van der Waals surface area contributed by atoms with Crippen LogP contribution in [0.3, 0.4) is 0 Å². The van der Waals surface area contributed by atoms with Crippen LogP contribution in [0.5, 0.6) is 11.5 Å². The number of aromatic nitrogens is 1. The van der Waals surface area contributed by atoms with Crippen LogP contribution in [0.2, 0.25) is 0 Å². The molecule has 7 heteroatoms. The van der Waals surface area contributed by atoms with Crippen molar-refractivity contribution in [1.82, 2.24) is 5.16 Å². The molecule has 1 aromatic heterocycles. The number of hydrogen-bond donors (Lipinski definition) is 1. The topological polar surface area (TPSA) is 73.6 Å². The van der Waals surface area contributed by atoms with E-state index in [4.69, 9.17) is 14.0 Å². The lowest BCUT2D eigenvalue weighted by Gasteiger charge is -2.18. The van der Waals surface area contributed by atoms with Crippen molar-refractivity contribution < 1.29 is 18.8 Å². The van der Waals surface area contributed by atoms with E-state index in [0.717, 1.165) is 16.2 Å². The zero-order valence-electron chi connectivity index (χ0n) is 14.7. The van der Waals surface area contributed by atoms with E-state index < -0.39 is 0 Å². The molecule has 27 heavy (non-hydrogen) atoms. The number of carbonyl (C=O) groups is 1. The highest BCUT2D eigenvalue weighted by molar-refractivity contribution is 8.00. The van der Waals surface area contributed by atoms with Gasteiger partial charge < -0.3 is 14.0 Å². The fourth-order valence-corrected chi connectivity index (χ4v) is 3.35. The van der Waals surface area contributed by atoms with E-state index in [1.807, 2.05) is 49.4 Å². The number of anilines is 1. The Kier molecular flexibility index (Phi) is 5.02. The smallest absolute Gasteiger partial charge is 0.237 e. The van der Waals surface area contributed by atoms with Gasteiger partial charge in [-0.2, -0.15) is 0 Å². The van der Waals surface area contributed by atoms with Gasteiger partial charge in [0, 0.05) is 16.5 Å². The fourth-order valence-electron chi connectivity index (χ4n) is 2.63. The van der Waals surface area contributed by atoms with Crippen molar-refractivity contribution in [1.29, 1.82) is 0 Å². The minimum Gasteiger partial charge on any atom is -0.486 e. The third-order valence-electron chi connectivity index (χ3n) is 4.00. The van der Waals surface area contributed by atoms with Crippen molar-refractivity contribution in [2.24, 2.45) is 0 Å². The van der Waals surface area contributed by atoms with Gasteiger partial charge in [-0.15, -0.1) is 11.8 Å². The van der Waals surface area contributed by atoms with Gasteiger partial charge in [-0.3, -0.25) is 10.1 Å². The van der Waals surface area contributed by atoms with E-state index in [-0.39, 0.29) is 11.7 Å². The Balaban J connectivity index is 1.34. The molecule has 138 valence electrons. The summed E-state index contributed by atoms with van der Waals surface area (Å²) in [5.74, 6) is 1.87. The van der Waals surface area contributed by atoms with Crippen molar-refractivity contribution in [3.05, 3.63) is 54.1 Å². The number of ether oxygens (including phenoxy) is 2. The van der Waals surface area contributed by atoms with E-state index in [0.29, 0.717) is 30.5 Å². The zero-order valence-corrected chi connectivity index (χ0v) is 15.5. The summed E-state index contributed by atoms with van der Waals surface area (Å²) in [6, 6.07) is 15.3. The summed E-state index contributed by atoms with van der Waals surface area (Å²) in [6.45, 7) is 3.12. The van der Waals surface area contributed by atoms with Crippen molar-refractivity contribution in [3.63, 3.8) is 0 Å². The Morgan fingerprint density at radius 2 is 1.85 bits per heavy atom. The predicted molar refractivity (Wildman–Crippen MR) is 103 cm³/mol.